The molecular weight excluding hydrogens is 188 g/mol. The molecule has 1 rings (SSSR count). The van der Waals surface area contributed by atoms with Gasteiger partial charge in [-0.15, -0.1) is 0 Å². The van der Waals surface area contributed by atoms with Gasteiger partial charge in [-0.2, -0.15) is 0 Å². The van der Waals surface area contributed by atoms with E-state index in [1.165, 1.54) is 0 Å². The molecule has 0 atom stereocenters. The van der Waals surface area contributed by atoms with Crippen LogP contribution in [-0.2, 0) is 0 Å². The van der Waals surface area contributed by atoms with Crippen LogP contribution in [-0.4, -0.2) is 11.9 Å². The van der Waals surface area contributed by atoms with E-state index in [4.69, 9.17) is 5.84 Å². The summed E-state index contributed by atoms with van der Waals surface area (Å²) in [4.78, 5) is 20.9. The minimum absolute atomic E-state index is 0.0355. The van der Waals surface area contributed by atoms with Gasteiger partial charge in [-0.25, -0.2) is 0 Å². The Morgan fingerprint density at radius 3 is 2.29 bits per heavy atom. The highest BCUT2D eigenvalue weighted by atomic mass is 16.4. The highest BCUT2D eigenvalue weighted by Crippen LogP contribution is 2.15. The number of aromatic carboxylic acids is 2. The first-order valence-corrected chi connectivity index (χ1v) is 3.59. The normalized spacial score (nSPS) is 9.50. The highest BCUT2D eigenvalue weighted by Gasteiger charge is 2.03. The third-order valence-corrected chi connectivity index (χ3v) is 1.63. The van der Waals surface area contributed by atoms with Crippen molar-refractivity contribution in [3.05, 3.63) is 29.3 Å². The zero-order chi connectivity index (χ0) is 10.7. The summed E-state index contributed by atoms with van der Waals surface area (Å²) in [5, 5.41) is 20.9. The van der Waals surface area contributed by atoms with Gasteiger partial charge in [0.2, 0.25) is 0 Å². The lowest BCUT2D eigenvalue weighted by atomic mass is 10.1. The van der Waals surface area contributed by atoms with Crippen molar-refractivity contribution >= 4 is 17.6 Å². The van der Waals surface area contributed by atoms with Gasteiger partial charge in [-0.3, -0.25) is 5.84 Å². The summed E-state index contributed by atoms with van der Waals surface area (Å²) in [6.07, 6.45) is 0. The Balaban J connectivity index is 3.25. The quantitative estimate of drug-likeness (QED) is 0.412. The Hall–Kier alpha value is -2.08. The van der Waals surface area contributed by atoms with Crippen LogP contribution in [0.15, 0.2) is 18.2 Å². The van der Waals surface area contributed by atoms with E-state index >= 15 is 0 Å². The van der Waals surface area contributed by atoms with Gasteiger partial charge in [-0.1, -0.05) is 12.1 Å². The van der Waals surface area contributed by atoms with Crippen LogP contribution >= 0.6 is 0 Å². The number of nitrogen functional groups attached to an aromatic ring is 1. The lowest BCUT2D eigenvalue weighted by molar-refractivity contribution is -0.256. The summed E-state index contributed by atoms with van der Waals surface area (Å²) in [6.45, 7) is 0. The summed E-state index contributed by atoms with van der Waals surface area (Å²) < 4.78 is 0. The Morgan fingerprint density at radius 1 is 1.21 bits per heavy atom. The van der Waals surface area contributed by atoms with Crippen molar-refractivity contribution in [2.75, 3.05) is 5.43 Å². The first-order valence-electron chi connectivity index (χ1n) is 3.59. The van der Waals surface area contributed by atoms with E-state index in [9.17, 15) is 19.8 Å². The van der Waals surface area contributed by atoms with Gasteiger partial charge in [-0.05, 0) is 11.6 Å². The molecule has 3 N–H and O–H groups in total. The second kappa shape index (κ2) is 3.75. The number of rotatable bonds is 3. The molecule has 0 amide bonds. The van der Waals surface area contributed by atoms with Crippen molar-refractivity contribution in [1.82, 2.24) is 0 Å². The maximum atomic E-state index is 10.5. The summed E-state index contributed by atoms with van der Waals surface area (Å²) in [7, 11) is 0. The van der Waals surface area contributed by atoms with Crippen molar-refractivity contribution in [2.45, 2.75) is 0 Å². The monoisotopic (exact) mass is 194 g/mol. The highest BCUT2D eigenvalue weighted by molar-refractivity contribution is 5.96. The van der Waals surface area contributed by atoms with Crippen LogP contribution in [0.4, 0.5) is 5.69 Å². The summed E-state index contributed by atoms with van der Waals surface area (Å²) >= 11 is 0. The minimum Gasteiger partial charge on any atom is -0.545 e. The summed E-state index contributed by atoms with van der Waals surface area (Å²) in [5.41, 5.74) is 1.65. The topological polar surface area (TPSA) is 118 Å². The lowest BCUT2D eigenvalue weighted by Gasteiger charge is -2.11. The molecule has 6 heteroatoms. The molecule has 0 aliphatic rings. The van der Waals surface area contributed by atoms with E-state index in [1.807, 2.05) is 0 Å². The standard InChI is InChI=1S/C8H8N2O4/c9-10-6-3-4(7(11)12)1-2-5(6)8(13)14/h1-3,10H,9H2,(H,11,12)(H,13,14)/p-2. The van der Waals surface area contributed by atoms with Gasteiger partial charge in [0.1, 0.15) is 0 Å². The second-order valence-electron chi connectivity index (χ2n) is 2.48. The number of nitrogens with two attached hydrogens (primary N) is 1. The number of carbonyl (C=O) groups excluding carboxylic acids is 2. The second-order valence-corrected chi connectivity index (χ2v) is 2.48. The zero-order valence-electron chi connectivity index (χ0n) is 6.94. The molecule has 1 aromatic carbocycles. The molecule has 0 heterocycles. The van der Waals surface area contributed by atoms with Crippen molar-refractivity contribution in [2.24, 2.45) is 5.84 Å². The molecule has 0 spiro atoms. The maximum Gasteiger partial charge on any atom is 0.0736 e. The van der Waals surface area contributed by atoms with Gasteiger partial charge < -0.3 is 25.2 Å². The Bertz CT molecular complexity index is 389. The average molecular weight is 194 g/mol. The summed E-state index contributed by atoms with van der Waals surface area (Å²) in [5.74, 6) is 2.15. The van der Waals surface area contributed by atoms with Gasteiger partial charge >= 0.3 is 0 Å². The molecule has 0 fully saturated rings. The van der Waals surface area contributed by atoms with E-state index in [2.05, 4.69) is 5.43 Å². The maximum absolute atomic E-state index is 10.5. The number of carbonyl (C=O) groups is 2. The fourth-order valence-electron chi connectivity index (χ4n) is 0.969. The van der Waals surface area contributed by atoms with Crippen LogP contribution in [0.25, 0.3) is 0 Å². The number of nitrogens with one attached hydrogen (secondary N) is 1. The smallest absolute Gasteiger partial charge is 0.0736 e. The number of hydrogen-bond donors (Lipinski definition) is 2. The average Bonchev–Trinajstić information content (AvgIpc) is 2.16. The third kappa shape index (κ3) is 1.80. The van der Waals surface area contributed by atoms with E-state index < -0.39 is 11.9 Å². The molecule has 6 nitrogen and oxygen atoms in total. The predicted octanol–water partition coefficient (Wildman–Crippen LogP) is -2.30. The van der Waals surface area contributed by atoms with Crippen molar-refractivity contribution in [3.8, 4) is 0 Å². The van der Waals surface area contributed by atoms with E-state index in [-0.39, 0.29) is 16.8 Å². The Kier molecular flexibility index (Phi) is 2.68. The van der Waals surface area contributed by atoms with Gasteiger partial charge in [0.05, 0.1) is 17.6 Å². The molecule has 74 valence electrons. The molecule has 0 unspecified atom stereocenters. The molecule has 0 saturated heterocycles. The van der Waals surface area contributed by atoms with Crippen LogP contribution in [0.2, 0.25) is 0 Å². The molecule has 0 aliphatic carbocycles. The van der Waals surface area contributed by atoms with Crippen molar-refractivity contribution in [3.63, 3.8) is 0 Å². The predicted molar refractivity (Wildman–Crippen MR) is 42.9 cm³/mol. The molecule has 0 saturated carbocycles. The molecule has 14 heavy (non-hydrogen) atoms. The molecular formula is C8H6N2O4-2. The largest absolute Gasteiger partial charge is 0.545 e. The van der Waals surface area contributed by atoms with Crippen molar-refractivity contribution in [1.29, 1.82) is 0 Å². The molecule has 0 aromatic heterocycles. The Labute approximate surface area is 78.9 Å². The van der Waals surface area contributed by atoms with Gasteiger partial charge in [0.15, 0.2) is 0 Å². The van der Waals surface area contributed by atoms with E-state index in [0.29, 0.717) is 0 Å². The molecule has 1 aromatic rings. The number of hydrazine groups is 1. The summed E-state index contributed by atoms with van der Waals surface area (Å²) in [6, 6.07) is 3.23. The fraction of sp³-hybridized carbons (Fsp3) is 0. The van der Waals surface area contributed by atoms with Crippen LogP contribution in [0.3, 0.4) is 0 Å². The SMILES string of the molecule is NNc1cc(C(=O)[O-])ccc1C(=O)[O-]. The number of carboxylic acids is 2. The van der Waals surface area contributed by atoms with Crippen molar-refractivity contribution < 1.29 is 19.8 Å². The molecule has 0 aliphatic heterocycles. The Morgan fingerprint density at radius 2 is 1.86 bits per heavy atom. The van der Waals surface area contributed by atoms with E-state index in [1.54, 1.807) is 0 Å². The molecule has 0 radical (unpaired) electrons. The van der Waals surface area contributed by atoms with Gasteiger partial charge in [0.25, 0.3) is 0 Å². The minimum atomic E-state index is -1.44. The van der Waals surface area contributed by atoms with Crippen LogP contribution in [0, 0.1) is 0 Å². The first-order chi connectivity index (χ1) is 6.56. The number of hydrogen-bond acceptors (Lipinski definition) is 6. The van der Waals surface area contributed by atoms with Crippen LogP contribution < -0.4 is 21.5 Å². The first kappa shape index (κ1) is 10.0. The van der Waals surface area contributed by atoms with Crippen LogP contribution in [0.5, 0.6) is 0 Å². The third-order valence-electron chi connectivity index (χ3n) is 1.63. The zero-order valence-corrected chi connectivity index (χ0v) is 6.94. The number of benzene rings is 1. The number of carboxylic acid groups (broad SMARTS) is 2. The van der Waals surface area contributed by atoms with Crippen LogP contribution in [0.1, 0.15) is 20.7 Å². The van der Waals surface area contributed by atoms with Gasteiger partial charge in [0, 0.05) is 5.56 Å². The van der Waals surface area contributed by atoms with E-state index in [0.717, 1.165) is 18.2 Å². The fourth-order valence-corrected chi connectivity index (χ4v) is 0.969. The lowest BCUT2D eigenvalue weighted by Crippen LogP contribution is -2.26. The number of anilines is 1. The molecule has 0 bridgehead atoms.